The van der Waals surface area contributed by atoms with Crippen molar-refractivity contribution in [1.29, 1.82) is 0 Å². The van der Waals surface area contributed by atoms with Crippen LogP contribution in [0.1, 0.15) is 24.9 Å². The fourth-order valence-corrected chi connectivity index (χ4v) is 1.75. The van der Waals surface area contributed by atoms with Gasteiger partial charge in [0.05, 0.1) is 0 Å². The highest BCUT2D eigenvalue weighted by Gasteiger charge is 2.21. The Balaban J connectivity index is 2.11. The number of rotatable bonds is 1. The first-order valence-corrected chi connectivity index (χ1v) is 4.49. The molecule has 1 aliphatic heterocycles. The molecule has 12 heavy (non-hydrogen) atoms. The van der Waals surface area contributed by atoms with Gasteiger partial charge in [-0.05, 0) is 30.5 Å². The first-order valence-electron chi connectivity index (χ1n) is 4.49. The lowest BCUT2D eigenvalue weighted by molar-refractivity contribution is 0.610. The van der Waals surface area contributed by atoms with Crippen LogP contribution in [-0.2, 0) is 0 Å². The van der Waals surface area contributed by atoms with Crippen LogP contribution in [0.5, 0.6) is 0 Å². The van der Waals surface area contributed by atoms with Crippen molar-refractivity contribution >= 4 is 0 Å². The lowest BCUT2D eigenvalue weighted by Gasteiger charge is -2.08. The fourth-order valence-electron chi connectivity index (χ4n) is 1.75. The summed E-state index contributed by atoms with van der Waals surface area (Å²) >= 11 is 0. The van der Waals surface area contributed by atoms with Crippen LogP contribution in [0, 0.1) is 5.92 Å². The molecule has 1 fully saturated rings. The maximum absolute atomic E-state index is 4.11. The molecular weight excluding hydrogens is 148 g/mol. The fraction of sp³-hybridized carbons (Fsp3) is 0.500. The van der Waals surface area contributed by atoms with E-state index in [0.29, 0.717) is 6.04 Å². The molecule has 0 amide bonds. The highest BCUT2D eigenvalue weighted by Crippen LogP contribution is 2.25. The number of aromatic nitrogens is 1. The largest absolute Gasteiger partial charge is 0.310 e. The van der Waals surface area contributed by atoms with Crippen LogP contribution in [0.2, 0.25) is 0 Å². The summed E-state index contributed by atoms with van der Waals surface area (Å²) < 4.78 is 0. The third kappa shape index (κ3) is 1.48. The van der Waals surface area contributed by atoms with E-state index in [0.717, 1.165) is 12.5 Å². The molecule has 0 aliphatic carbocycles. The highest BCUT2D eigenvalue weighted by atomic mass is 14.9. The lowest BCUT2D eigenvalue weighted by atomic mass is 10.0. The third-order valence-corrected chi connectivity index (χ3v) is 2.44. The second-order valence-electron chi connectivity index (χ2n) is 3.59. The van der Waals surface area contributed by atoms with Crippen LogP contribution >= 0.6 is 0 Å². The molecule has 0 aromatic carbocycles. The first kappa shape index (κ1) is 7.74. The van der Waals surface area contributed by atoms with Gasteiger partial charge in [0.25, 0.3) is 0 Å². The molecule has 1 saturated heterocycles. The van der Waals surface area contributed by atoms with Crippen LogP contribution in [-0.4, -0.2) is 11.5 Å². The van der Waals surface area contributed by atoms with Gasteiger partial charge in [0.2, 0.25) is 0 Å². The van der Waals surface area contributed by atoms with E-state index in [4.69, 9.17) is 0 Å². The van der Waals surface area contributed by atoms with Crippen molar-refractivity contribution in [2.24, 2.45) is 5.92 Å². The Kier molecular flexibility index (Phi) is 2.09. The maximum Gasteiger partial charge on any atom is 0.0338 e. The van der Waals surface area contributed by atoms with E-state index in [9.17, 15) is 0 Å². The Morgan fingerprint density at radius 3 is 3.08 bits per heavy atom. The summed E-state index contributed by atoms with van der Waals surface area (Å²) in [5.74, 6) is 0.801. The van der Waals surface area contributed by atoms with Crippen molar-refractivity contribution in [3.8, 4) is 0 Å². The minimum atomic E-state index is 0.536. The summed E-state index contributed by atoms with van der Waals surface area (Å²) in [5.41, 5.74) is 1.32. The summed E-state index contributed by atoms with van der Waals surface area (Å²) in [7, 11) is 0. The molecule has 64 valence electrons. The zero-order valence-corrected chi connectivity index (χ0v) is 7.33. The summed E-state index contributed by atoms with van der Waals surface area (Å²) in [6.45, 7) is 3.42. The second-order valence-corrected chi connectivity index (χ2v) is 3.59. The van der Waals surface area contributed by atoms with Gasteiger partial charge in [-0.2, -0.15) is 0 Å². The van der Waals surface area contributed by atoms with Crippen LogP contribution in [0.15, 0.2) is 24.5 Å². The van der Waals surface area contributed by atoms with Gasteiger partial charge in [-0.1, -0.05) is 13.0 Å². The molecule has 0 spiro atoms. The Bertz CT molecular complexity index is 245. The van der Waals surface area contributed by atoms with Gasteiger partial charge in [-0.15, -0.1) is 0 Å². The van der Waals surface area contributed by atoms with Gasteiger partial charge >= 0.3 is 0 Å². The van der Waals surface area contributed by atoms with Crippen LogP contribution in [0.4, 0.5) is 0 Å². The molecule has 1 aromatic rings. The van der Waals surface area contributed by atoms with E-state index < -0.39 is 0 Å². The number of pyridine rings is 1. The average Bonchev–Trinajstić information content (AvgIpc) is 2.54. The Morgan fingerprint density at radius 2 is 2.50 bits per heavy atom. The molecule has 2 heteroatoms. The lowest BCUT2D eigenvalue weighted by Crippen LogP contribution is -2.13. The highest BCUT2D eigenvalue weighted by molar-refractivity contribution is 5.15. The molecular formula is C10H14N2. The van der Waals surface area contributed by atoms with Crippen molar-refractivity contribution < 1.29 is 0 Å². The predicted molar refractivity (Wildman–Crippen MR) is 48.8 cm³/mol. The predicted octanol–water partition coefficient (Wildman–Crippen LogP) is 1.75. The normalized spacial score (nSPS) is 29.1. The van der Waals surface area contributed by atoms with Gasteiger partial charge in [-0.25, -0.2) is 0 Å². The van der Waals surface area contributed by atoms with Crippen LogP contribution < -0.4 is 5.32 Å². The standard InChI is InChI=1S/C10H14N2/c1-8-5-10(12-6-8)9-3-2-4-11-7-9/h2-4,7-8,10,12H,5-6H2,1H3/t8-,10-/m0/s1. The summed E-state index contributed by atoms with van der Waals surface area (Å²) in [6.07, 6.45) is 5.02. The molecule has 0 bridgehead atoms. The first-order chi connectivity index (χ1) is 5.86. The van der Waals surface area contributed by atoms with Crippen molar-refractivity contribution in [2.45, 2.75) is 19.4 Å². The SMILES string of the molecule is C[C@@H]1CN[C@H](c2cccnc2)C1. The molecule has 0 saturated carbocycles. The Morgan fingerprint density at radius 1 is 1.58 bits per heavy atom. The molecule has 2 rings (SSSR count). The van der Waals surface area contributed by atoms with Gasteiger partial charge in [-0.3, -0.25) is 4.98 Å². The number of nitrogens with zero attached hydrogens (tertiary/aromatic N) is 1. The number of nitrogens with one attached hydrogen (secondary N) is 1. The molecule has 0 radical (unpaired) electrons. The molecule has 1 N–H and O–H groups in total. The van der Waals surface area contributed by atoms with Crippen LogP contribution in [0.25, 0.3) is 0 Å². The van der Waals surface area contributed by atoms with E-state index in [-0.39, 0.29) is 0 Å². The topological polar surface area (TPSA) is 24.9 Å². The monoisotopic (exact) mass is 162 g/mol. The smallest absolute Gasteiger partial charge is 0.0338 e. The van der Waals surface area contributed by atoms with Gasteiger partial charge < -0.3 is 5.32 Å². The number of hydrogen-bond donors (Lipinski definition) is 1. The zero-order valence-electron chi connectivity index (χ0n) is 7.33. The van der Waals surface area contributed by atoms with E-state index in [1.807, 2.05) is 18.5 Å². The molecule has 1 aliphatic rings. The average molecular weight is 162 g/mol. The van der Waals surface area contributed by atoms with Crippen LogP contribution in [0.3, 0.4) is 0 Å². The van der Waals surface area contributed by atoms with E-state index >= 15 is 0 Å². The minimum Gasteiger partial charge on any atom is -0.310 e. The molecule has 2 atom stereocenters. The zero-order chi connectivity index (χ0) is 8.39. The van der Waals surface area contributed by atoms with Gasteiger partial charge in [0.15, 0.2) is 0 Å². The van der Waals surface area contributed by atoms with Crippen molar-refractivity contribution in [2.75, 3.05) is 6.54 Å². The summed E-state index contributed by atoms with van der Waals surface area (Å²) in [6, 6.07) is 4.68. The van der Waals surface area contributed by atoms with Gasteiger partial charge in [0.1, 0.15) is 0 Å². The van der Waals surface area contributed by atoms with E-state index in [1.165, 1.54) is 12.0 Å². The third-order valence-electron chi connectivity index (χ3n) is 2.44. The second kappa shape index (κ2) is 3.23. The minimum absolute atomic E-state index is 0.536. The molecule has 0 unspecified atom stereocenters. The quantitative estimate of drug-likeness (QED) is 0.680. The maximum atomic E-state index is 4.11. The van der Waals surface area contributed by atoms with Gasteiger partial charge in [0, 0.05) is 18.4 Å². The molecule has 2 nitrogen and oxygen atoms in total. The molecule has 2 heterocycles. The summed E-state index contributed by atoms with van der Waals surface area (Å²) in [5, 5.41) is 3.48. The Hall–Kier alpha value is -0.890. The van der Waals surface area contributed by atoms with E-state index in [1.54, 1.807) is 0 Å². The molecule has 1 aromatic heterocycles. The number of hydrogen-bond acceptors (Lipinski definition) is 2. The van der Waals surface area contributed by atoms with Crippen molar-refractivity contribution in [3.05, 3.63) is 30.1 Å². The summed E-state index contributed by atoms with van der Waals surface area (Å²) in [4.78, 5) is 4.11. The van der Waals surface area contributed by atoms with Crippen molar-refractivity contribution in [1.82, 2.24) is 10.3 Å². The van der Waals surface area contributed by atoms with E-state index in [2.05, 4.69) is 23.3 Å². The Labute approximate surface area is 73.0 Å². The van der Waals surface area contributed by atoms with Crippen molar-refractivity contribution in [3.63, 3.8) is 0 Å².